The molecule has 0 radical (unpaired) electrons. The molecule has 0 spiro atoms. The van der Waals surface area contributed by atoms with Crippen molar-refractivity contribution in [2.45, 2.75) is 52.6 Å². The molecule has 0 unspecified atom stereocenters. The SMILES string of the molecule is CC(C)(C)N=C1C(c2cccc(N)c2)=CC(=O)N1C(C)(C)C. The van der Waals surface area contributed by atoms with Gasteiger partial charge in [-0.2, -0.15) is 0 Å². The number of amides is 1. The molecule has 0 fully saturated rings. The Morgan fingerprint density at radius 3 is 2.23 bits per heavy atom. The van der Waals surface area contributed by atoms with E-state index in [1.807, 2.05) is 65.8 Å². The maximum atomic E-state index is 12.5. The average Bonchev–Trinajstić information content (AvgIpc) is 2.63. The molecule has 118 valence electrons. The van der Waals surface area contributed by atoms with E-state index >= 15 is 0 Å². The quantitative estimate of drug-likeness (QED) is 0.807. The summed E-state index contributed by atoms with van der Waals surface area (Å²) in [6.45, 7) is 12.1. The molecule has 1 amide bonds. The lowest BCUT2D eigenvalue weighted by atomic mass is 10.0. The number of rotatable bonds is 1. The zero-order valence-corrected chi connectivity index (χ0v) is 14.3. The van der Waals surface area contributed by atoms with Crippen molar-refractivity contribution in [1.29, 1.82) is 0 Å². The number of carbonyl (C=O) groups is 1. The molecule has 4 heteroatoms. The smallest absolute Gasteiger partial charge is 0.253 e. The summed E-state index contributed by atoms with van der Waals surface area (Å²) in [7, 11) is 0. The molecule has 0 saturated carbocycles. The van der Waals surface area contributed by atoms with Crippen molar-refractivity contribution in [2.75, 3.05) is 5.73 Å². The molecule has 0 bridgehead atoms. The Kier molecular flexibility index (Phi) is 3.90. The van der Waals surface area contributed by atoms with Gasteiger partial charge in [-0.1, -0.05) is 12.1 Å². The van der Waals surface area contributed by atoms with E-state index in [9.17, 15) is 4.79 Å². The first-order chi connectivity index (χ1) is 9.99. The van der Waals surface area contributed by atoms with Gasteiger partial charge >= 0.3 is 0 Å². The summed E-state index contributed by atoms with van der Waals surface area (Å²) in [6, 6.07) is 7.57. The van der Waals surface area contributed by atoms with Gasteiger partial charge in [0.15, 0.2) is 0 Å². The average molecular weight is 299 g/mol. The first-order valence-corrected chi connectivity index (χ1v) is 7.51. The highest BCUT2D eigenvalue weighted by atomic mass is 16.2. The summed E-state index contributed by atoms with van der Waals surface area (Å²) in [4.78, 5) is 19.1. The van der Waals surface area contributed by atoms with Gasteiger partial charge in [-0.15, -0.1) is 0 Å². The minimum Gasteiger partial charge on any atom is -0.399 e. The van der Waals surface area contributed by atoms with Crippen molar-refractivity contribution in [3.63, 3.8) is 0 Å². The number of hydrogen-bond donors (Lipinski definition) is 1. The normalized spacial score (nSPS) is 18.1. The fourth-order valence-electron chi connectivity index (χ4n) is 2.47. The van der Waals surface area contributed by atoms with Gasteiger partial charge in [-0.3, -0.25) is 14.7 Å². The predicted molar refractivity (Wildman–Crippen MR) is 92.6 cm³/mol. The van der Waals surface area contributed by atoms with E-state index < -0.39 is 0 Å². The summed E-state index contributed by atoms with van der Waals surface area (Å²) >= 11 is 0. The summed E-state index contributed by atoms with van der Waals surface area (Å²) in [6.07, 6.45) is 1.66. The summed E-state index contributed by atoms with van der Waals surface area (Å²) < 4.78 is 0. The number of amidine groups is 1. The van der Waals surface area contributed by atoms with Gasteiger partial charge < -0.3 is 5.73 Å². The number of nitrogen functional groups attached to an aromatic ring is 1. The summed E-state index contributed by atoms with van der Waals surface area (Å²) in [5.41, 5.74) is 7.71. The second kappa shape index (κ2) is 5.27. The molecule has 0 aliphatic carbocycles. The number of nitrogens with two attached hydrogens (primary N) is 1. The third-order valence-corrected chi connectivity index (χ3v) is 3.25. The van der Waals surface area contributed by atoms with E-state index in [0.29, 0.717) is 5.69 Å². The molecule has 1 aromatic carbocycles. The standard InChI is InChI=1S/C18H25N3O/c1-17(2,3)20-16-14(12-8-7-9-13(19)10-12)11-15(22)21(16)18(4,5)6/h7-11H,19H2,1-6H3. The second-order valence-electron chi connectivity index (χ2n) is 7.63. The monoisotopic (exact) mass is 299 g/mol. The Labute approximate surface area is 132 Å². The number of aliphatic imine (C=N–C) groups is 1. The van der Waals surface area contributed by atoms with Crippen LogP contribution >= 0.6 is 0 Å². The van der Waals surface area contributed by atoms with Crippen molar-refractivity contribution in [1.82, 2.24) is 4.90 Å². The Morgan fingerprint density at radius 1 is 1.09 bits per heavy atom. The van der Waals surface area contributed by atoms with Crippen LogP contribution in [0.1, 0.15) is 47.1 Å². The fraction of sp³-hybridized carbons (Fsp3) is 0.444. The number of carbonyl (C=O) groups excluding carboxylic acids is 1. The van der Waals surface area contributed by atoms with Crippen molar-refractivity contribution < 1.29 is 4.79 Å². The van der Waals surface area contributed by atoms with Gasteiger partial charge in [-0.25, -0.2) is 0 Å². The van der Waals surface area contributed by atoms with Crippen LogP contribution in [0.2, 0.25) is 0 Å². The highest BCUT2D eigenvalue weighted by Gasteiger charge is 2.38. The molecule has 1 aromatic rings. The van der Waals surface area contributed by atoms with Crippen LogP contribution in [0.5, 0.6) is 0 Å². The summed E-state index contributed by atoms with van der Waals surface area (Å²) in [5, 5.41) is 0. The molecule has 1 aliphatic rings. The van der Waals surface area contributed by atoms with Crippen LogP contribution in [0, 0.1) is 0 Å². The van der Waals surface area contributed by atoms with Crippen molar-refractivity contribution in [2.24, 2.45) is 4.99 Å². The zero-order valence-electron chi connectivity index (χ0n) is 14.3. The van der Waals surface area contributed by atoms with Crippen LogP contribution < -0.4 is 5.73 Å². The minimum atomic E-state index is -0.334. The molecule has 2 rings (SSSR count). The fourth-order valence-corrected chi connectivity index (χ4v) is 2.47. The lowest BCUT2D eigenvalue weighted by Crippen LogP contribution is -2.46. The van der Waals surface area contributed by atoms with Gasteiger partial charge in [0.05, 0.1) is 5.54 Å². The van der Waals surface area contributed by atoms with E-state index in [0.717, 1.165) is 17.0 Å². The molecular formula is C18H25N3O. The van der Waals surface area contributed by atoms with E-state index in [2.05, 4.69) is 0 Å². The lowest BCUT2D eigenvalue weighted by Gasteiger charge is -2.34. The molecule has 0 atom stereocenters. The molecule has 22 heavy (non-hydrogen) atoms. The number of benzene rings is 1. The molecule has 1 aliphatic heterocycles. The van der Waals surface area contributed by atoms with Crippen LogP contribution in [0.15, 0.2) is 35.3 Å². The Bertz CT molecular complexity index is 658. The van der Waals surface area contributed by atoms with Crippen molar-refractivity contribution in [3.8, 4) is 0 Å². The van der Waals surface area contributed by atoms with Gasteiger partial charge in [0, 0.05) is 22.9 Å². The Hall–Kier alpha value is -2.10. The first-order valence-electron chi connectivity index (χ1n) is 7.51. The van der Waals surface area contributed by atoms with E-state index in [1.54, 1.807) is 11.0 Å². The third kappa shape index (κ3) is 3.38. The molecule has 0 saturated heterocycles. The number of hydrogen-bond acceptors (Lipinski definition) is 3. The largest absolute Gasteiger partial charge is 0.399 e. The van der Waals surface area contributed by atoms with Crippen molar-refractivity contribution >= 4 is 23.0 Å². The maximum absolute atomic E-state index is 12.5. The van der Waals surface area contributed by atoms with Gasteiger partial charge in [-0.05, 0) is 59.2 Å². The molecule has 1 heterocycles. The molecular weight excluding hydrogens is 274 g/mol. The van der Waals surface area contributed by atoms with Crippen LogP contribution in [0.4, 0.5) is 5.69 Å². The first kappa shape index (κ1) is 16.3. The van der Waals surface area contributed by atoms with E-state index in [1.165, 1.54) is 0 Å². The molecule has 0 aromatic heterocycles. The van der Waals surface area contributed by atoms with Gasteiger partial charge in [0.2, 0.25) is 0 Å². The predicted octanol–water partition coefficient (Wildman–Crippen LogP) is 3.49. The highest BCUT2D eigenvalue weighted by molar-refractivity contribution is 6.36. The summed E-state index contributed by atoms with van der Waals surface area (Å²) in [5.74, 6) is 0.684. The Balaban J connectivity index is 2.60. The molecule has 2 N–H and O–H groups in total. The minimum absolute atomic E-state index is 0.0343. The maximum Gasteiger partial charge on any atom is 0.253 e. The van der Waals surface area contributed by atoms with E-state index in [-0.39, 0.29) is 17.0 Å². The lowest BCUT2D eigenvalue weighted by molar-refractivity contribution is -0.124. The number of nitrogens with zero attached hydrogens (tertiary/aromatic N) is 2. The number of anilines is 1. The second-order valence-corrected chi connectivity index (χ2v) is 7.63. The van der Waals surface area contributed by atoms with Crippen LogP contribution in [0.25, 0.3) is 5.57 Å². The van der Waals surface area contributed by atoms with E-state index in [4.69, 9.17) is 10.7 Å². The zero-order chi connectivity index (χ0) is 16.7. The van der Waals surface area contributed by atoms with Gasteiger partial charge in [0.1, 0.15) is 5.84 Å². The van der Waals surface area contributed by atoms with Crippen LogP contribution in [-0.2, 0) is 4.79 Å². The third-order valence-electron chi connectivity index (χ3n) is 3.25. The topological polar surface area (TPSA) is 58.7 Å². The van der Waals surface area contributed by atoms with Crippen LogP contribution in [-0.4, -0.2) is 27.7 Å². The Morgan fingerprint density at radius 2 is 1.73 bits per heavy atom. The van der Waals surface area contributed by atoms with Gasteiger partial charge in [0.25, 0.3) is 5.91 Å². The van der Waals surface area contributed by atoms with Crippen LogP contribution in [0.3, 0.4) is 0 Å². The van der Waals surface area contributed by atoms with Crippen molar-refractivity contribution in [3.05, 3.63) is 35.9 Å². The highest BCUT2D eigenvalue weighted by Crippen LogP contribution is 2.32. The molecule has 4 nitrogen and oxygen atoms in total.